The molecule has 1 aromatic rings. The predicted octanol–water partition coefficient (Wildman–Crippen LogP) is 3.94. The molecule has 116 valence electrons. The second-order valence-corrected chi connectivity index (χ2v) is 7.24. The summed E-state index contributed by atoms with van der Waals surface area (Å²) in [6.45, 7) is 11.2. The van der Waals surface area contributed by atoms with Crippen molar-refractivity contribution in [3.05, 3.63) is 34.9 Å². The molecule has 0 aromatic heterocycles. The minimum Gasteiger partial charge on any atom is -0.481 e. The van der Waals surface area contributed by atoms with Gasteiger partial charge in [-0.3, -0.25) is 9.59 Å². The van der Waals surface area contributed by atoms with E-state index in [1.54, 1.807) is 0 Å². The average Bonchev–Trinajstić information content (AvgIpc) is 2.55. The van der Waals surface area contributed by atoms with Crippen LogP contribution in [0, 0.1) is 5.92 Å². The van der Waals surface area contributed by atoms with Gasteiger partial charge in [-0.15, -0.1) is 0 Å². The number of carboxylic acids is 1. The van der Waals surface area contributed by atoms with Crippen LogP contribution in [-0.4, -0.2) is 16.9 Å². The first-order chi connectivity index (χ1) is 9.58. The number of hydrogen-bond acceptors (Lipinski definition) is 2. The monoisotopic (exact) mass is 352 g/mol. The Labute approximate surface area is 145 Å². The molecule has 0 fully saturated rings. The van der Waals surface area contributed by atoms with Crippen LogP contribution < -0.4 is 0 Å². The molecule has 0 aliphatic heterocycles. The van der Waals surface area contributed by atoms with Gasteiger partial charge in [-0.25, -0.2) is 0 Å². The number of Topliss-reactive ketones (excluding diaryl/α,β-unsaturated/α-hetero) is 1. The summed E-state index contributed by atoms with van der Waals surface area (Å²) in [7, 11) is 0. The molecule has 0 spiro atoms. The number of carbonyl (C=O) groups is 2. The largest absolute Gasteiger partial charge is 0.481 e. The topological polar surface area (TPSA) is 54.4 Å². The zero-order chi connectivity index (χ0) is 16.0. The summed E-state index contributed by atoms with van der Waals surface area (Å²) in [5.41, 5.74) is 3.26. The van der Waals surface area contributed by atoms with E-state index < -0.39 is 5.97 Å². The minimum atomic E-state index is -0.931. The van der Waals surface area contributed by atoms with Gasteiger partial charge in [0.05, 0.1) is 6.42 Å². The zero-order valence-electron chi connectivity index (χ0n) is 14.2. The third-order valence-electron chi connectivity index (χ3n) is 5.46. The van der Waals surface area contributed by atoms with E-state index in [1.807, 2.05) is 12.1 Å². The molecule has 2 rings (SSSR count). The van der Waals surface area contributed by atoms with Gasteiger partial charge >= 0.3 is 5.97 Å². The average molecular weight is 354 g/mol. The van der Waals surface area contributed by atoms with E-state index in [-0.39, 0.29) is 48.9 Å². The van der Waals surface area contributed by atoms with E-state index in [0.717, 1.165) is 0 Å². The second-order valence-electron chi connectivity index (χ2n) is 7.24. The molecule has 1 atom stereocenters. The van der Waals surface area contributed by atoms with Gasteiger partial charge in [0.25, 0.3) is 0 Å². The number of fused-ring (bicyclic) bond motifs is 1. The fourth-order valence-corrected chi connectivity index (χ4v) is 3.55. The molecule has 0 radical (unpaired) electrons. The maximum atomic E-state index is 12.1. The van der Waals surface area contributed by atoms with Gasteiger partial charge in [0.1, 0.15) is 0 Å². The van der Waals surface area contributed by atoms with Crippen molar-refractivity contribution in [2.45, 2.75) is 58.3 Å². The second kappa shape index (κ2) is 6.24. The first-order valence-electron chi connectivity index (χ1n) is 7.48. The van der Waals surface area contributed by atoms with Crippen LogP contribution in [0.3, 0.4) is 0 Å². The molecule has 22 heavy (non-hydrogen) atoms. The molecule has 1 aliphatic carbocycles. The van der Waals surface area contributed by atoms with Crippen LogP contribution in [-0.2, 0) is 35.1 Å². The van der Waals surface area contributed by atoms with Crippen LogP contribution in [0.5, 0.6) is 0 Å². The number of benzene rings is 1. The van der Waals surface area contributed by atoms with Crippen LogP contribution >= 0.6 is 0 Å². The molecular weight excluding hydrogens is 330 g/mol. The molecule has 1 unspecified atom stereocenters. The van der Waals surface area contributed by atoms with Gasteiger partial charge in [-0.1, -0.05) is 46.8 Å². The standard InChI is InChI=1S/C18H24O3.Zn/c1-11-17(2,3)13-7-6-12(10-14(13)18(11,4)5)15(19)8-9-16(20)21;/h6-7,10-11H,8-9H2,1-5H3,(H,20,21);. The fourth-order valence-electron chi connectivity index (χ4n) is 3.55. The fraction of sp³-hybridized carbons (Fsp3) is 0.556. The summed E-state index contributed by atoms with van der Waals surface area (Å²) >= 11 is 0. The predicted molar refractivity (Wildman–Crippen MR) is 82.9 cm³/mol. The van der Waals surface area contributed by atoms with Crippen LogP contribution in [0.4, 0.5) is 0 Å². The van der Waals surface area contributed by atoms with Crippen molar-refractivity contribution >= 4 is 11.8 Å². The Morgan fingerprint density at radius 3 is 2.14 bits per heavy atom. The van der Waals surface area contributed by atoms with E-state index in [9.17, 15) is 9.59 Å². The minimum absolute atomic E-state index is 0. The summed E-state index contributed by atoms with van der Waals surface area (Å²) < 4.78 is 0. The van der Waals surface area contributed by atoms with E-state index >= 15 is 0 Å². The Morgan fingerprint density at radius 2 is 1.59 bits per heavy atom. The summed E-state index contributed by atoms with van der Waals surface area (Å²) in [6.07, 6.45) is -0.0469. The Hall–Kier alpha value is -1.02. The first-order valence-corrected chi connectivity index (χ1v) is 7.48. The zero-order valence-corrected chi connectivity index (χ0v) is 17.2. The van der Waals surface area contributed by atoms with Crippen molar-refractivity contribution < 1.29 is 34.2 Å². The third kappa shape index (κ3) is 3.03. The molecule has 1 aliphatic rings. The van der Waals surface area contributed by atoms with Gasteiger partial charge in [0.2, 0.25) is 0 Å². The van der Waals surface area contributed by atoms with Gasteiger partial charge < -0.3 is 5.11 Å². The van der Waals surface area contributed by atoms with E-state index in [0.29, 0.717) is 11.5 Å². The maximum absolute atomic E-state index is 12.1. The molecule has 1 N–H and O–H groups in total. The number of carboxylic acid groups (broad SMARTS) is 1. The van der Waals surface area contributed by atoms with Crippen molar-refractivity contribution in [3.8, 4) is 0 Å². The summed E-state index contributed by atoms with van der Waals surface area (Å²) in [6, 6.07) is 5.87. The van der Waals surface area contributed by atoms with E-state index in [2.05, 4.69) is 40.7 Å². The Kier molecular flexibility index (Phi) is 5.39. The Bertz CT molecular complexity index is 602. The van der Waals surface area contributed by atoms with Crippen molar-refractivity contribution in [3.63, 3.8) is 0 Å². The van der Waals surface area contributed by atoms with Crippen molar-refractivity contribution in [2.75, 3.05) is 0 Å². The Balaban J connectivity index is 0.00000242. The normalized spacial score (nSPS) is 20.9. The quantitative estimate of drug-likeness (QED) is 0.659. The van der Waals surface area contributed by atoms with E-state index in [1.165, 1.54) is 11.1 Å². The number of rotatable bonds is 4. The molecule has 0 bridgehead atoms. The SMILES string of the molecule is CC1C(C)(C)c2ccc(C(=O)CCC(=O)O)cc2C1(C)C.[Zn]. The first kappa shape index (κ1) is 19.0. The summed E-state index contributed by atoms with van der Waals surface area (Å²) in [5.74, 6) is -0.544. The number of ketones is 1. The smallest absolute Gasteiger partial charge is 0.303 e. The Morgan fingerprint density at radius 1 is 1.05 bits per heavy atom. The molecule has 1 aromatic carbocycles. The number of carbonyl (C=O) groups excluding carboxylic acids is 1. The number of aliphatic carboxylic acids is 1. The van der Waals surface area contributed by atoms with Crippen LogP contribution in [0.1, 0.15) is 68.9 Å². The van der Waals surface area contributed by atoms with Gasteiger partial charge in [-0.05, 0) is 33.9 Å². The van der Waals surface area contributed by atoms with Crippen LogP contribution in [0.2, 0.25) is 0 Å². The molecule has 0 saturated heterocycles. The molecule has 0 heterocycles. The molecule has 4 heteroatoms. The number of hydrogen-bond donors (Lipinski definition) is 1. The van der Waals surface area contributed by atoms with E-state index in [4.69, 9.17) is 5.11 Å². The summed E-state index contributed by atoms with van der Waals surface area (Å²) in [5, 5.41) is 8.70. The van der Waals surface area contributed by atoms with Gasteiger partial charge in [-0.2, -0.15) is 0 Å². The van der Waals surface area contributed by atoms with Gasteiger partial charge in [0.15, 0.2) is 5.78 Å². The molecule has 0 amide bonds. The third-order valence-corrected chi connectivity index (χ3v) is 5.46. The molecule has 0 saturated carbocycles. The van der Waals surface area contributed by atoms with Crippen LogP contribution in [0.15, 0.2) is 18.2 Å². The molecular formula is C18H24O3Zn. The van der Waals surface area contributed by atoms with Crippen molar-refractivity contribution in [1.82, 2.24) is 0 Å². The van der Waals surface area contributed by atoms with Gasteiger partial charge in [0, 0.05) is 31.5 Å². The molecule has 3 nitrogen and oxygen atoms in total. The summed E-state index contributed by atoms with van der Waals surface area (Å²) in [4.78, 5) is 22.7. The maximum Gasteiger partial charge on any atom is 0.303 e. The van der Waals surface area contributed by atoms with Crippen molar-refractivity contribution in [2.24, 2.45) is 5.92 Å². The van der Waals surface area contributed by atoms with Crippen molar-refractivity contribution in [1.29, 1.82) is 0 Å². The van der Waals surface area contributed by atoms with Crippen LogP contribution in [0.25, 0.3) is 0 Å².